The molecule has 0 aliphatic heterocycles. The van der Waals surface area contributed by atoms with Gasteiger partial charge in [0.25, 0.3) is 0 Å². The van der Waals surface area contributed by atoms with Gasteiger partial charge in [-0.2, -0.15) is 0 Å². The number of hydrogen-bond donors (Lipinski definition) is 2. The molecule has 0 fully saturated rings. The van der Waals surface area contributed by atoms with Crippen molar-refractivity contribution in [3.63, 3.8) is 0 Å². The van der Waals surface area contributed by atoms with Gasteiger partial charge in [0.05, 0.1) is 17.9 Å². The smallest absolute Gasteiger partial charge is 0.325 e. The average molecular weight is 421 g/mol. The summed E-state index contributed by atoms with van der Waals surface area (Å²) in [6, 6.07) is 7.41. The van der Waals surface area contributed by atoms with Crippen LogP contribution in [0.15, 0.2) is 28.7 Å². The van der Waals surface area contributed by atoms with E-state index in [1.165, 1.54) is 0 Å². The van der Waals surface area contributed by atoms with E-state index in [4.69, 9.17) is 9.05 Å². The lowest BCUT2D eigenvalue weighted by Crippen LogP contribution is -2.22. The van der Waals surface area contributed by atoms with Crippen LogP contribution in [0.2, 0.25) is 0 Å². The van der Waals surface area contributed by atoms with Crippen LogP contribution < -0.4 is 10.4 Å². The second-order valence-electron chi connectivity index (χ2n) is 5.85. The van der Waals surface area contributed by atoms with Crippen LogP contribution >= 0.6 is 23.7 Å². The molecule has 0 bridgehead atoms. The fourth-order valence-corrected chi connectivity index (χ4v) is 4.02. The fraction of sp³-hybridized carbons (Fsp3) is 0.562. The van der Waals surface area contributed by atoms with E-state index in [1.807, 2.05) is 24.3 Å². The highest BCUT2D eigenvalue weighted by atomic mass is 79.9. The predicted molar refractivity (Wildman–Crippen MR) is 100 cm³/mol. The molecule has 0 saturated heterocycles. The Hall–Kier alpha value is -0.720. The van der Waals surface area contributed by atoms with E-state index >= 15 is 0 Å². The number of hydrogen-bond acceptors (Lipinski definition) is 4. The largest absolute Gasteiger partial charge is 0.406 e. The Balaban J connectivity index is 2.41. The summed E-state index contributed by atoms with van der Waals surface area (Å²) in [6.45, 7) is 7.54. The van der Waals surface area contributed by atoms with Crippen LogP contribution in [0, 0.1) is 0 Å². The van der Waals surface area contributed by atoms with Crippen LogP contribution in [0.5, 0.6) is 0 Å². The van der Waals surface area contributed by atoms with E-state index < -0.39 is 7.75 Å². The number of nitrogens with one attached hydrogen (secondary N) is 2. The quantitative estimate of drug-likeness (QED) is 0.423. The topological polar surface area (TPSA) is 76.7 Å². The monoisotopic (exact) mass is 420 g/mol. The van der Waals surface area contributed by atoms with Gasteiger partial charge >= 0.3 is 7.75 Å². The van der Waals surface area contributed by atoms with E-state index in [2.05, 4.69) is 26.3 Å². The number of amides is 1. The number of para-hydroxylation sites is 1. The van der Waals surface area contributed by atoms with Crippen LogP contribution in [0.1, 0.15) is 40.5 Å². The zero-order valence-electron chi connectivity index (χ0n) is 14.5. The van der Waals surface area contributed by atoms with Crippen molar-refractivity contribution < 1.29 is 18.4 Å². The average Bonchev–Trinajstić information content (AvgIpc) is 2.44. The van der Waals surface area contributed by atoms with Gasteiger partial charge in [0, 0.05) is 17.4 Å². The molecule has 0 heterocycles. The van der Waals surface area contributed by atoms with Crippen molar-refractivity contribution >= 4 is 35.3 Å². The first-order valence-corrected chi connectivity index (χ1v) is 10.3. The Bertz CT molecular complexity index is 567. The maximum absolute atomic E-state index is 12.6. The molecule has 0 radical (unpaired) electrons. The van der Waals surface area contributed by atoms with Crippen molar-refractivity contribution in [2.75, 3.05) is 11.9 Å². The first kappa shape index (κ1) is 21.3. The molecule has 136 valence electrons. The Morgan fingerprint density at radius 1 is 1.17 bits per heavy atom. The molecule has 0 saturated carbocycles. The molecule has 6 nitrogen and oxygen atoms in total. The maximum Gasteiger partial charge on any atom is 0.406 e. The lowest BCUT2D eigenvalue weighted by atomic mass is 10.2. The van der Waals surface area contributed by atoms with Gasteiger partial charge in [0.15, 0.2) is 0 Å². The molecule has 0 atom stereocenters. The van der Waals surface area contributed by atoms with E-state index in [9.17, 15) is 9.36 Å². The first-order chi connectivity index (χ1) is 11.2. The molecule has 24 heavy (non-hydrogen) atoms. The molecule has 1 rings (SSSR count). The van der Waals surface area contributed by atoms with Crippen molar-refractivity contribution in [1.29, 1.82) is 0 Å². The minimum Gasteiger partial charge on any atom is -0.325 e. The second-order valence-corrected chi connectivity index (χ2v) is 8.43. The second kappa shape index (κ2) is 10.3. The highest BCUT2D eigenvalue weighted by Gasteiger charge is 2.27. The Morgan fingerprint density at radius 3 is 2.29 bits per heavy atom. The van der Waals surface area contributed by atoms with Crippen molar-refractivity contribution in [1.82, 2.24) is 5.09 Å². The molecule has 1 aromatic rings. The summed E-state index contributed by atoms with van der Waals surface area (Å²) in [5, 5.41) is 5.64. The molecule has 1 aromatic carbocycles. The Morgan fingerprint density at radius 2 is 1.75 bits per heavy atom. The third-order valence-electron chi connectivity index (χ3n) is 2.73. The van der Waals surface area contributed by atoms with Gasteiger partial charge in [-0.3, -0.25) is 13.8 Å². The standard InChI is InChI=1S/C16H26BrN2O4P/c1-12(2)22-24(21,23-13(3)4)18-11-7-10-16(20)19-15-9-6-5-8-14(15)17/h5-6,8-9,12-13H,7,10-11H2,1-4H3,(H,18,21)(H,19,20). The highest BCUT2D eigenvalue weighted by Crippen LogP contribution is 2.46. The van der Waals surface area contributed by atoms with Crippen LogP contribution in [-0.4, -0.2) is 24.7 Å². The number of halogens is 1. The third-order valence-corrected chi connectivity index (χ3v) is 5.43. The molecule has 0 aromatic heterocycles. The molecule has 0 aliphatic carbocycles. The van der Waals surface area contributed by atoms with Gasteiger partial charge in [0.1, 0.15) is 0 Å². The van der Waals surface area contributed by atoms with Crippen molar-refractivity contribution in [3.05, 3.63) is 28.7 Å². The third kappa shape index (κ3) is 8.40. The molecular formula is C16H26BrN2O4P. The summed E-state index contributed by atoms with van der Waals surface area (Å²) in [4.78, 5) is 12.0. The molecule has 1 amide bonds. The number of carbonyl (C=O) groups is 1. The van der Waals surface area contributed by atoms with Crippen LogP contribution in [0.25, 0.3) is 0 Å². The van der Waals surface area contributed by atoms with Gasteiger partial charge in [-0.15, -0.1) is 0 Å². The molecular weight excluding hydrogens is 395 g/mol. The summed E-state index contributed by atoms with van der Waals surface area (Å²) in [7, 11) is -3.36. The Labute approximate surface area is 152 Å². The van der Waals surface area contributed by atoms with E-state index in [1.54, 1.807) is 27.7 Å². The minimum atomic E-state index is -3.36. The Kier molecular flexibility index (Phi) is 9.16. The normalized spacial score (nSPS) is 12.0. The van der Waals surface area contributed by atoms with Crippen LogP contribution in [0.3, 0.4) is 0 Å². The van der Waals surface area contributed by atoms with Gasteiger partial charge in [-0.25, -0.2) is 9.65 Å². The van der Waals surface area contributed by atoms with E-state index in [-0.39, 0.29) is 18.1 Å². The predicted octanol–water partition coefficient (Wildman–Crippen LogP) is 4.72. The van der Waals surface area contributed by atoms with Gasteiger partial charge in [-0.05, 0) is 62.2 Å². The summed E-state index contributed by atoms with van der Waals surface area (Å²) < 4.78 is 24.1. The number of benzene rings is 1. The molecule has 0 unspecified atom stereocenters. The van der Waals surface area contributed by atoms with Crippen LogP contribution in [-0.2, 0) is 18.4 Å². The van der Waals surface area contributed by atoms with E-state index in [0.29, 0.717) is 19.4 Å². The van der Waals surface area contributed by atoms with E-state index in [0.717, 1.165) is 10.2 Å². The summed E-state index contributed by atoms with van der Waals surface area (Å²) in [6.07, 6.45) is 0.377. The van der Waals surface area contributed by atoms with Gasteiger partial charge in [0.2, 0.25) is 5.91 Å². The van der Waals surface area contributed by atoms with Gasteiger partial charge < -0.3 is 5.32 Å². The van der Waals surface area contributed by atoms with Crippen molar-refractivity contribution in [2.45, 2.75) is 52.7 Å². The lowest BCUT2D eigenvalue weighted by Gasteiger charge is -2.23. The number of anilines is 1. The lowest BCUT2D eigenvalue weighted by molar-refractivity contribution is -0.116. The van der Waals surface area contributed by atoms with Gasteiger partial charge in [-0.1, -0.05) is 12.1 Å². The molecule has 0 aliphatic rings. The maximum atomic E-state index is 12.6. The molecule has 2 N–H and O–H groups in total. The molecule has 0 spiro atoms. The number of rotatable bonds is 10. The fourth-order valence-electron chi connectivity index (χ4n) is 1.89. The zero-order chi connectivity index (χ0) is 18.2. The zero-order valence-corrected chi connectivity index (χ0v) is 17.0. The van der Waals surface area contributed by atoms with Crippen molar-refractivity contribution in [2.24, 2.45) is 0 Å². The minimum absolute atomic E-state index is 0.104. The molecule has 8 heteroatoms. The highest BCUT2D eigenvalue weighted by molar-refractivity contribution is 9.10. The summed E-state index contributed by atoms with van der Waals surface area (Å²) in [5.41, 5.74) is 0.729. The summed E-state index contributed by atoms with van der Waals surface area (Å²) in [5.74, 6) is -0.104. The summed E-state index contributed by atoms with van der Waals surface area (Å²) >= 11 is 3.38. The SMILES string of the molecule is CC(C)OP(=O)(NCCCC(=O)Nc1ccccc1Br)OC(C)C. The number of carbonyl (C=O) groups excluding carboxylic acids is 1. The van der Waals surface area contributed by atoms with Crippen molar-refractivity contribution in [3.8, 4) is 0 Å². The van der Waals surface area contributed by atoms with Crippen LogP contribution in [0.4, 0.5) is 5.69 Å². The first-order valence-electron chi connectivity index (χ1n) is 7.98.